The largest absolute Gasteiger partial charge is 0.472 e. The van der Waals surface area contributed by atoms with Gasteiger partial charge in [0.15, 0.2) is 0 Å². The summed E-state index contributed by atoms with van der Waals surface area (Å²) in [5, 5.41) is 4.45. The maximum Gasteiger partial charge on any atom is 0.218 e. The molecule has 1 atom stereocenters. The number of hydrogen-bond donors (Lipinski definition) is 1. The van der Waals surface area contributed by atoms with E-state index in [1.54, 1.807) is 30.0 Å². The number of nitrogens with one attached hydrogen (secondary N) is 1. The van der Waals surface area contributed by atoms with Gasteiger partial charge in [0.25, 0.3) is 0 Å². The molecule has 1 fully saturated rings. The number of rotatable bonds is 8. The lowest BCUT2D eigenvalue weighted by Gasteiger charge is -2.23. The molecule has 1 saturated heterocycles. The predicted molar refractivity (Wildman–Crippen MR) is 117 cm³/mol. The summed E-state index contributed by atoms with van der Waals surface area (Å²) in [7, 11) is 0. The Bertz CT molecular complexity index is 995. The monoisotopic (exact) mass is 428 g/mol. The highest BCUT2D eigenvalue weighted by Crippen LogP contribution is 2.27. The molecule has 2 aromatic carbocycles. The Kier molecular flexibility index (Phi) is 7.17. The average molecular weight is 429 g/mol. The number of nitrogens with zero attached hydrogens (tertiary/aromatic N) is 1. The van der Waals surface area contributed by atoms with Crippen LogP contribution in [-0.4, -0.2) is 43.7 Å². The van der Waals surface area contributed by atoms with Crippen molar-refractivity contribution in [1.82, 2.24) is 10.3 Å². The van der Waals surface area contributed by atoms with Crippen molar-refractivity contribution < 1.29 is 18.6 Å². The van der Waals surface area contributed by atoms with Gasteiger partial charge in [0, 0.05) is 34.5 Å². The fourth-order valence-electron chi connectivity index (χ4n) is 3.34. The Labute approximate surface area is 179 Å². The molecule has 4 rings (SSSR count). The quantitative estimate of drug-likeness (QED) is 0.543. The summed E-state index contributed by atoms with van der Waals surface area (Å²) in [6.07, 6.45) is 2.07. The van der Waals surface area contributed by atoms with Crippen LogP contribution < -0.4 is 10.1 Å². The van der Waals surface area contributed by atoms with Gasteiger partial charge in [0.2, 0.25) is 5.88 Å². The lowest BCUT2D eigenvalue weighted by Crippen LogP contribution is -2.37. The number of ether oxygens (including phenoxy) is 3. The summed E-state index contributed by atoms with van der Waals surface area (Å²) < 4.78 is 31.1. The van der Waals surface area contributed by atoms with Gasteiger partial charge in [-0.25, -0.2) is 9.37 Å². The van der Waals surface area contributed by atoms with Crippen LogP contribution in [0.1, 0.15) is 11.1 Å². The zero-order valence-electron chi connectivity index (χ0n) is 16.9. The Morgan fingerprint density at radius 3 is 2.87 bits per heavy atom. The van der Waals surface area contributed by atoms with Gasteiger partial charge in [-0.05, 0) is 30.5 Å². The van der Waals surface area contributed by atoms with Crippen LogP contribution in [0.3, 0.4) is 0 Å². The highest BCUT2D eigenvalue weighted by Gasteiger charge is 2.15. The van der Waals surface area contributed by atoms with Crippen molar-refractivity contribution in [3.8, 4) is 5.88 Å². The highest BCUT2D eigenvalue weighted by atomic mass is 32.2. The number of benzene rings is 2. The van der Waals surface area contributed by atoms with Crippen molar-refractivity contribution in [2.75, 3.05) is 32.6 Å². The fourth-order valence-corrected chi connectivity index (χ4v) is 3.77. The normalized spacial score (nSPS) is 16.7. The summed E-state index contributed by atoms with van der Waals surface area (Å²) in [5.41, 5.74) is 2.29. The summed E-state index contributed by atoms with van der Waals surface area (Å²) in [5.74, 6) is 0.231. The zero-order chi connectivity index (χ0) is 20.8. The lowest BCUT2D eigenvalue weighted by atomic mass is 10.1. The van der Waals surface area contributed by atoms with Crippen molar-refractivity contribution in [2.24, 2.45) is 0 Å². The molecular formula is C23H25FN2O3S. The Morgan fingerprint density at radius 1 is 1.17 bits per heavy atom. The van der Waals surface area contributed by atoms with Gasteiger partial charge >= 0.3 is 0 Å². The van der Waals surface area contributed by atoms with E-state index in [0.717, 1.165) is 21.4 Å². The second kappa shape index (κ2) is 10.2. The Hall–Kier alpha value is -2.19. The fraction of sp³-hybridized carbons (Fsp3) is 0.348. The van der Waals surface area contributed by atoms with E-state index in [1.807, 2.05) is 12.3 Å². The second-order valence-corrected chi connectivity index (χ2v) is 7.97. The summed E-state index contributed by atoms with van der Waals surface area (Å²) >= 11 is 1.67. The lowest BCUT2D eigenvalue weighted by molar-refractivity contribution is -0.0864. The minimum absolute atomic E-state index is 0.0408. The van der Waals surface area contributed by atoms with Crippen LogP contribution in [0.5, 0.6) is 5.88 Å². The summed E-state index contributed by atoms with van der Waals surface area (Å²) in [4.78, 5) is 5.87. The first-order valence-corrected chi connectivity index (χ1v) is 11.2. The van der Waals surface area contributed by atoms with Crippen molar-refractivity contribution >= 4 is 22.7 Å². The molecule has 0 aliphatic carbocycles. The van der Waals surface area contributed by atoms with Crippen LogP contribution in [0.25, 0.3) is 10.9 Å². The molecule has 1 N–H and O–H groups in total. The molecule has 0 amide bonds. The third-order valence-corrected chi connectivity index (χ3v) is 5.68. The number of halogens is 1. The van der Waals surface area contributed by atoms with E-state index >= 15 is 0 Å². The van der Waals surface area contributed by atoms with Crippen molar-refractivity contribution in [3.63, 3.8) is 0 Å². The molecule has 0 saturated carbocycles. The molecule has 1 aliphatic heterocycles. The van der Waals surface area contributed by atoms with E-state index < -0.39 is 0 Å². The molecular weight excluding hydrogens is 403 g/mol. The molecule has 5 nitrogen and oxygen atoms in total. The van der Waals surface area contributed by atoms with E-state index in [9.17, 15) is 4.39 Å². The van der Waals surface area contributed by atoms with Gasteiger partial charge in [-0.2, -0.15) is 0 Å². The van der Waals surface area contributed by atoms with E-state index in [4.69, 9.17) is 19.2 Å². The number of hydrogen-bond acceptors (Lipinski definition) is 6. The molecule has 0 spiro atoms. The van der Waals surface area contributed by atoms with Crippen LogP contribution >= 0.6 is 11.8 Å². The number of aromatic nitrogens is 1. The van der Waals surface area contributed by atoms with Crippen LogP contribution in [0.15, 0.2) is 53.4 Å². The summed E-state index contributed by atoms with van der Waals surface area (Å²) in [6.45, 7) is 3.24. The average Bonchev–Trinajstić information content (AvgIpc) is 2.79. The molecule has 158 valence electrons. The summed E-state index contributed by atoms with van der Waals surface area (Å²) in [6, 6.07) is 14.9. The van der Waals surface area contributed by atoms with Crippen LogP contribution in [0, 0.1) is 5.82 Å². The van der Waals surface area contributed by atoms with Crippen molar-refractivity contribution in [3.05, 3.63) is 65.5 Å². The van der Waals surface area contributed by atoms with Crippen LogP contribution in [0.4, 0.5) is 4.39 Å². The minimum Gasteiger partial charge on any atom is -0.472 e. The molecule has 3 aromatic rings. The van der Waals surface area contributed by atoms with Crippen LogP contribution in [0.2, 0.25) is 0 Å². The first-order chi connectivity index (χ1) is 14.7. The predicted octanol–water partition coefficient (Wildman–Crippen LogP) is 4.18. The molecule has 30 heavy (non-hydrogen) atoms. The van der Waals surface area contributed by atoms with Crippen molar-refractivity contribution in [2.45, 2.75) is 24.2 Å². The topological polar surface area (TPSA) is 52.6 Å². The van der Waals surface area contributed by atoms with Gasteiger partial charge < -0.3 is 19.5 Å². The first-order valence-electron chi connectivity index (χ1n) is 9.97. The van der Waals surface area contributed by atoms with E-state index in [0.29, 0.717) is 44.4 Å². The third kappa shape index (κ3) is 5.29. The van der Waals surface area contributed by atoms with Crippen molar-refractivity contribution in [1.29, 1.82) is 0 Å². The minimum atomic E-state index is -0.280. The smallest absolute Gasteiger partial charge is 0.218 e. The molecule has 2 heterocycles. The standard InChI is InChI=1S/C23H25FN2O3S/c1-30-20-7-6-16-10-18(12-25-13-19-15-27-8-9-28-19)23(26-22(16)11-20)29-14-17-4-2-3-5-21(17)24/h2-7,10-11,19,25H,8-9,12-15H2,1H3/t19-/m0/s1. The van der Waals surface area contributed by atoms with Gasteiger partial charge in [-0.15, -0.1) is 11.8 Å². The molecule has 0 unspecified atom stereocenters. The highest BCUT2D eigenvalue weighted by molar-refractivity contribution is 7.98. The van der Waals surface area contributed by atoms with Gasteiger partial charge in [-0.1, -0.05) is 24.3 Å². The Balaban J connectivity index is 1.53. The number of pyridine rings is 1. The molecule has 1 aromatic heterocycles. The first kappa shape index (κ1) is 21.1. The van der Waals surface area contributed by atoms with Gasteiger partial charge in [0.1, 0.15) is 12.4 Å². The maximum atomic E-state index is 14.0. The van der Waals surface area contributed by atoms with Gasteiger partial charge in [-0.3, -0.25) is 0 Å². The molecule has 7 heteroatoms. The maximum absolute atomic E-state index is 14.0. The van der Waals surface area contributed by atoms with E-state index in [1.165, 1.54) is 6.07 Å². The zero-order valence-corrected chi connectivity index (χ0v) is 17.7. The second-order valence-electron chi connectivity index (χ2n) is 7.09. The van der Waals surface area contributed by atoms with E-state index in [-0.39, 0.29) is 18.5 Å². The SMILES string of the molecule is CSc1ccc2cc(CNC[C@H]3COCCO3)c(OCc3ccccc3F)nc2c1. The molecule has 1 aliphatic rings. The number of thioether (sulfide) groups is 1. The van der Waals surface area contributed by atoms with Crippen LogP contribution in [-0.2, 0) is 22.6 Å². The van der Waals surface area contributed by atoms with E-state index in [2.05, 4.69) is 23.5 Å². The third-order valence-electron chi connectivity index (χ3n) is 4.96. The molecule has 0 bridgehead atoms. The Morgan fingerprint density at radius 2 is 2.07 bits per heavy atom. The molecule has 0 radical (unpaired) electrons. The number of fused-ring (bicyclic) bond motifs is 1. The van der Waals surface area contributed by atoms with Gasteiger partial charge in [0.05, 0.1) is 31.4 Å².